The van der Waals surface area contributed by atoms with E-state index in [2.05, 4.69) is 6.92 Å². The molecule has 0 N–H and O–H groups in total. The molecule has 0 saturated carbocycles. The highest BCUT2D eigenvalue weighted by molar-refractivity contribution is 6.23. The fraction of sp³-hybridized carbons (Fsp3) is 0.333. The van der Waals surface area contributed by atoms with Gasteiger partial charge in [0.05, 0.1) is 37.7 Å². The minimum Gasteiger partial charge on any atom is -0.494 e. The summed E-state index contributed by atoms with van der Waals surface area (Å²) in [5.41, 5.74) is 2.03. The van der Waals surface area contributed by atoms with Crippen LogP contribution in [0.5, 0.6) is 17.2 Å². The molecule has 3 aromatic rings. The first kappa shape index (κ1) is 25.6. The van der Waals surface area contributed by atoms with Crippen LogP contribution in [0.2, 0.25) is 0 Å². The van der Waals surface area contributed by atoms with Crippen molar-refractivity contribution in [2.24, 2.45) is 5.92 Å². The zero-order chi connectivity index (χ0) is 26.6. The molecule has 2 fully saturated rings. The van der Waals surface area contributed by atoms with Crippen molar-refractivity contribution in [3.63, 3.8) is 0 Å². The average molecular weight is 517 g/mol. The van der Waals surface area contributed by atoms with E-state index in [9.17, 15) is 9.59 Å². The van der Waals surface area contributed by atoms with Crippen LogP contribution in [0.15, 0.2) is 72.8 Å². The third-order valence-corrected chi connectivity index (χ3v) is 6.82. The van der Waals surface area contributed by atoms with Gasteiger partial charge in [0.1, 0.15) is 11.7 Å². The molecule has 2 aliphatic heterocycles. The van der Waals surface area contributed by atoms with Crippen molar-refractivity contribution in [2.75, 3.05) is 30.3 Å². The molecule has 2 heterocycles. The van der Waals surface area contributed by atoms with Crippen LogP contribution in [-0.4, -0.2) is 38.2 Å². The van der Waals surface area contributed by atoms with Crippen molar-refractivity contribution in [2.45, 2.75) is 38.8 Å². The number of unbranched alkanes of at least 4 members (excludes halogenated alkanes) is 1. The van der Waals surface area contributed by atoms with Crippen LogP contribution in [0.4, 0.5) is 11.4 Å². The van der Waals surface area contributed by atoms with E-state index in [1.54, 1.807) is 36.4 Å². The summed E-state index contributed by atoms with van der Waals surface area (Å²) < 4.78 is 17.1. The molecule has 38 heavy (non-hydrogen) atoms. The average Bonchev–Trinajstić information content (AvgIpc) is 3.46. The topological polar surface area (TPSA) is 77.5 Å². The molecule has 0 radical (unpaired) electrons. The Morgan fingerprint density at radius 3 is 2.29 bits per heavy atom. The lowest BCUT2D eigenvalue weighted by Crippen LogP contribution is -2.37. The van der Waals surface area contributed by atoms with Gasteiger partial charge in [0.25, 0.3) is 5.91 Å². The number of para-hydroxylation sites is 1. The maximum atomic E-state index is 13.9. The van der Waals surface area contributed by atoms with Gasteiger partial charge in [-0.25, -0.2) is 9.96 Å². The van der Waals surface area contributed by atoms with E-state index in [0.717, 1.165) is 24.1 Å². The van der Waals surface area contributed by atoms with Gasteiger partial charge in [-0.15, -0.1) is 0 Å². The summed E-state index contributed by atoms with van der Waals surface area (Å²) in [5.74, 6) is 0.430. The molecular weight excluding hydrogens is 484 g/mol. The largest absolute Gasteiger partial charge is 0.494 e. The molecule has 2 amide bonds. The van der Waals surface area contributed by atoms with Crippen molar-refractivity contribution in [1.82, 2.24) is 0 Å². The van der Waals surface area contributed by atoms with Gasteiger partial charge in [-0.1, -0.05) is 37.6 Å². The summed E-state index contributed by atoms with van der Waals surface area (Å²) in [7, 11) is 1.59. The number of hydroxylamine groups is 1. The minimum absolute atomic E-state index is 0.310. The summed E-state index contributed by atoms with van der Waals surface area (Å²) in [5, 5.41) is 1.67. The molecule has 198 valence electrons. The number of rotatable bonds is 10. The maximum absolute atomic E-state index is 13.9. The fourth-order valence-corrected chi connectivity index (χ4v) is 4.98. The Labute approximate surface area is 222 Å². The first-order chi connectivity index (χ1) is 18.6. The van der Waals surface area contributed by atoms with Crippen molar-refractivity contribution >= 4 is 23.2 Å². The monoisotopic (exact) mass is 516 g/mol. The lowest BCUT2D eigenvalue weighted by molar-refractivity contribution is -0.126. The van der Waals surface area contributed by atoms with E-state index in [1.165, 1.54) is 4.90 Å². The molecule has 5 rings (SSSR count). The highest BCUT2D eigenvalue weighted by Gasteiger charge is 2.60. The van der Waals surface area contributed by atoms with E-state index in [1.807, 2.05) is 55.5 Å². The predicted molar refractivity (Wildman–Crippen MR) is 144 cm³/mol. The molecule has 0 bridgehead atoms. The van der Waals surface area contributed by atoms with Gasteiger partial charge in [0.2, 0.25) is 5.91 Å². The van der Waals surface area contributed by atoms with Gasteiger partial charge in [-0.05, 0) is 67.4 Å². The Hall–Kier alpha value is -4.04. The third-order valence-electron chi connectivity index (χ3n) is 6.82. The molecule has 3 atom stereocenters. The Bertz CT molecular complexity index is 1280. The molecule has 2 saturated heterocycles. The molecular formula is C30H32N2O6. The molecule has 0 aromatic heterocycles. The Morgan fingerprint density at radius 1 is 0.842 bits per heavy atom. The van der Waals surface area contributed by atoms with Crippen LogP contribution in [-0.2, 0) is 14.4 Å². The summed E-state index contributed by atoms with van der Waals surface area (Å²) in [4.78, 5) is 34.9. The number of hydrogen-bond donors (Lipinski definition) is 0. The van der Waals surface area contributed by atoms with Crippen LogP contribution < -0.4 is 24.2 Å². The number of hydrogen-bond acceptors (Lipinski definition) is 7. The predicted octanol–water partition coefficient (Wildman–Crippen LogP) is 5.32. The summed E-state index contributed by atoms with van der Waals surface area (Å²) >= 11 is 0. The normalized spacial score (nSPS) is 20.6. The molecule has 3 unspecified atom stereocenters. The fourth-order valence-electron chi connectivity index (χ4n) is 4.98. The molecule has 0 spiro atoms. The van der Waals surface area contributed by atoms with E-state index in [-0.39, 0.29) is 11.8 Å². The summed E-state index contributed by atoms with van der Waals surface area (Å²) in [6.45, 7) is 5.12. The number of benzene rings is 3. The quantitative estimate of drug-likeness (QED) is 0.266. The van der Waals surface area contributed by atoms with E-state index in [0.29, 0.717) is 36.1 Å². The lowest BCUT2D eigenvalue weighted by Gasteiger charge is -2.29. The van der Waals surface area contributed by atoms with Crippen molar-refractivity contribution in [1.29, 1.82) is 0 Å². The van der Waals surface area contributed by atoms with Crippen LogP contribution in [0, 0.1) is 5.92 Å². The summed E-state index contributed by atoms with van der Waals surface area (Å²) in [6.07, 6.45) is 1.01. The van der Waals surface area contributed by atoms with Gasteiger partial charge in [-0.3, -0.25) is 14.4 Å². The van der Waals surface area contributed by atoms with Crippen molar-refractivity contribution < 1.29 is 28.6 Å². The standard InChI is InChI=1S/C30H32N2O6/c1-4-6-18-37-24-17-12-20(19-25(24)35-3)27-26-28(38-32(27)22-10-8-7-9-11-22)30(34)31(29(26)33)21-13-15-23(16-14-21)36-5-2/h7-17,19,26-28H,4-6,18H2,1-3H3. The number of imide groups is 1. The first-order valence-corrected chi connectivity index (χ1v) is 13.0. The van der Waals surface area contributed by atoms with Crippen molar-refractivity contribution in [3.8, 4) is 17.2 Å². The van der Waals surface area contributed by atoms with Crippen LogP contribution >= 0.6 is 0 Å². The van der Waals surface area contributed by atoms with Crippen LogP contribution in [0.25, 0.3) is 0 Å². The minimum atomic E-state index is -0.953. The third kappa shape index (κ3) is 4.67. The zero-order valence-corrected chi connectivity index (χ0v) is 21.8. The number of nitrogens with zero attached hydrogens (tertiary/aromatic N) is 2. The van der Waals surface area contributed by atoms with Gasteiger partial charge < -0.3 is 14.2 Å². The Morgan fingerprint density at radius 2 is 1.61 bits per heavy atom. The second kappa shape index (κ2) is 11.1. The zero-order valence-electron chi connectivity index (χ0n) is 21.8. The number of methoxy groups -OCH3 is 1. The van der Waals surface area contributed by atoms with Gasteiger partial charge >= 0.3 is 0 Å². The van der Waals surface area contributed by atoms with Gasteiger partial charge in [0, 0.05) is 0 Å². The van der Waals surface area contributed by atoms with E-state index < -0.39 is 18.1 Å². The second-order valence-electron chi connectivity index (χ2n) is 9.21. The number of fused-ring (bicyclic) bond motifs is 1. The number of ether oxygens (including phenoxy) is 3. The first-order valence-electron chi connectivity index (χ1n) is 13.0. The molecule has 2 aliphatic rings. The van der Waals surface area contributed by atoms with E-state index >= 15 is 0 Å². The van der Waals surface area contributed by atoms with E-state index in [4.69, 9.17) is 19.0 Å². The maximum Gasteiger partial charge on any atom is 0.266 e. The summed E-state index contributed by atoms with van der Waals surface area (Å²) in [6, 6.07) is 21.5. The van der Waals surface area contributed by atoms with Crippen LogP contribution in [0.1, 0.15) is 38.3 Å². The Balaban J connectivity index is 1.51. The van der Waals surface area contributed by atoms with Gasteiger partial charge in [0.15, 0.2) is 17.6 Å². The van der Waals surface area contributed by atoms with Crippen LogP contribution in [0.3, 0.4) is 0 Å². The smallest absolute Gasteiger partial charge is 0.266 e. The SMILES string of the molecule is CCCCOc1ccc(C2C3C(=O)N(c4ccc(OCC)cc4)C(=O)C3ON2c2ccccc2)cc1OC. The highest BCUT2D eigenvalue weighted by Crippen LogP contribution is 2.48. The number of amides is 2. The highest BCUT2D eigenvalue weighted by atomic mass is 16.7. The number of carbonyl (C=O) groups is 2. The van der Waals surface area contributed by atoms with Crippen molar-refractivity contribution in [3.05, 3.63) is 78.4 Å². The molecule has 8 nitrogen and oxygen atoms in total. The van der Waals surface area contributed by atoms with Gasteiger partial charge in [-0.2, -0.15) is 0 Å². The molecule has 0 aliphatic carbocycles. The molecule has 8 heteroatoms. The second-order valence-corrected chi connectivity index (χ2v) is 9.21. The Kier molecular flexibility index (Phi) is 7.51. The number of carbonyl (C=O) groups excluding carboxylic acids is 2. The number of anilines is 2. The molecule has 3 aromatic carbocycles. The lowest BCUT2D eigenvalue weighted by atomic mass is 9.90.